The first-order valence-electron chi connectivity index (χ1n) is 9.59. The Kier molecular flexibility index (Phi) is 6.11. The molecule has 0 aliphatic carbocycles. The summed E-state index contributed by atoms with van der Waals surface area (Å²) in [6.07, 6.45) is 2.41. The monoisotopic (exact) mass is 386 g/mol. The Morgan fingerprint density at radius 2 is 2.04 bits per heavy atom. The maximum Gasteiger partial charge on any atom is 0.224 e. The predicted molar refractivity (Wildman–Crippen MR) is 108 cm³/mol. The zero-order valence-corrected chi connectivity index (χ0v) is 16.3. The molecule has 2 saturated heterocycles. The summed E-state index contributed by atoms with van der Waals surface area (Å²) in [5.74, 6) is 4.00. The van der Waals surface area contributed by atoms with E-state index in [0.29, 0.717) is 19.0 Å². The van der Waals surface area contributed by atoms with Crippen LogP contribution in [-0.2, 0) is 11.3 Å². The van der Waals surface area contributed by atoms with Crippen LogP contribution in [0.3, 0.4) is 0 Å². The summed E-state index contributed by atoms with van der Waals surface area (Å²) in [4.78, 5) is 21.2. The summed E-state index contributed by atoms with van der Waals surface area (Å²) in [5.41, 5.74) is 1.04. The van der Waals surface area contributed by atoms with E-state index in [1.54, 1.807) is 6.20 Å². The van der Waals surface area contributed by atoms with Gasteiger partial charge in [0.05, 0.1) is 12.7 Å². The van der Waals surface area contributed by atoms with Gasteiger partial charge < -0.3 is 14.6 Å². The lowest BCUT2D eigenvalue weighted by atomic mass is 10.2. The Labute approximate surface area is 164 Å². The Bertz CT molecular complexity index is 737. The van der Waals surface area contributed by atoms with Crippen molar-refractivity contribution in [3.05, 3.63) is 42.4 Å². The molecule has 0 spiro atoms. The van der Waals surface area contributed by atoms with Crippen molar-refractivity contribution in [3.8, 4) is 11.3 Å². The minimum Gasteiger partial charge on any atom is -0.439 e. The molecule has 1 aromatic heterocycles. The van der Waals surface area contributed by atoms with Crippen LogP contribution in [-0.4, -0.2) is 71.0 Å². The Morgan fingerprint density at radius 1 is 1.22 bits per heavy atom. The highest BCUT2D eigenvalue weighted by Crippen LogP contribution is 2.21. The number of benzene rings is 1. The number of nitrogens with zero attached hydrogens (tertiary/aromatic N) is 3. The molecular formula is C20H26N4O2S. The highest BCUT2D eigenvalue weighted by molar-refractivity contribution is 7.99. The van der Waals surface area contributed by atoms with E-state index in [2.05, 4.69) is 15.2 Å². The number of hydrogen-bond donors (Lipinski definition) is 1. The van der Waals surface area contributed by atoms with E-state index in [0.717, 1.165) is 61.4 Å². The largest absolute Gasteiger partial charge is 0.439 e. The maximum absolute atomic E-state index is 12.5. The molecule has 1 N–H and O–H groups in total. The average molecular weight is 387 g/mol. The first-order valence-corrected chi connectivity index (χ1v) is 10.7. The maximum atomic E-state index is 12.5. The van der Waals surface area contributed by atoms with Crippen LogP contribution >= 0.6 is 11.8 Å². The molecule has 144 valence electrons. The number of rotatable bonds is 5. The van der Waals surface area contributed by atoms with Gasteiger partial charge >= 0.3 is 0 Å². The highest BCUT2D eigenvalue weighted by Gasteiger charge is 2.25. The summed E-state index contributed by atoms with van der Waals surface area (Å²) in [5, 5.41) is 3.45. The number of amides is 1. The number of aromatic nitrogens is 1. The SMILES string of the molecule is O=C(CC1CSCCN1)N1CCN(Cc2ncc(-c3ccccc3)o2)CC1. The van der Waals surface area contributed by atoms with E-state index in [-0.39, 0.29) is 5.91 Å². The molecular weight excluding hydrogens is 360 g/mol. The van der Waals surface area contributed by atoms with Crippen molar-refractivity contribution >= 4 is 17.7 Å². The van der Waals surface area contributed by atoms with Crippen LogP contribution < -0.4 is 5.32 Å². The van der Waals surface area contributed by atoms with Crippen LogP contribution in [0.2, 0.25) is 0 Å². The molecule has 4 rings (SSSR count). The van der Waals surface area contributed by atoms with Crippen LogP contribution in [0.1, 0.15) is 12.3 Å². The second-order valence-electron chi connectivity index (χ2n) is 7.07. The molecule has 7 heteroatoms. The number of hydrogen-bond acceptors (Lipinski definition) is 6. The van der Waals surface area contributed by atoms with Crippen molar-refractivity contribution < 1.29 is 9.21 Å². The molecule has 27 heavy (non-hydrogen) atoms. The van der Waals surface area contributed by atoms with Crippen molar-refractivity contribution in [2.75, 3.05) is 44.2 Å². The summed E-state index contributed by atoms with van der Waals surface area (Å²) in [6, 6.07) is 10.4. The van der Waals surface area contributed by atoms with E-state index < -0.39 is 0 Å². The van der Waals surface area contributed by atoms with Crippen LogP contribution in [0.5, 0.6) is 0 Å². The topological polar surface area (TPSA) is 61.6 Å². The molecule has 1 aromatic carbocycles. The fraction of sp³-hybridized carbons (Fsp3) is 0.500. The molecule has 3 heterocycles. The third-order valence-corrected chi connectivity index (χ3v) is 6.25. The molecule has 6 nitrogen and oxygen atoms in total. The highest BCUT2D eigenvalue weighted by atomic mass is 32.2. The standard InChI is InChI=1S/C20H26N4O2S/c25-20(12-17-15-27-11-6-21-17)24-9-7-23(8-10-24)14-19-22-13-18(26-19)16-4-2-1-3-5-16/h1-5,13,17,21H,6-12,14-15H2. The smallest absolute Gasteiger partial charge is 0.224 e. The Hall–Kier alpha value is -1.83. The van der Waals surface area contributed by atoms with E-state index in [1.807, 2.05) is 47.0 Å². The van der Waals surface area contributed by atoms with Crippen LogP contribution in [0.15, 0.2) is 40.9 Å². The molecule has 1 unspecified atom stereocenters. The molecule has 0 bridgehead atoms. The van der Waals surface area contributed by atoms with Gasteiger partial charge in [-0.25, -0.2) is 4.98 Å². The van der Waals surface area contributed by atoms with E-state index in [1.165, 1.54) is 0 Å². The second kappa shape index (κ2) is 8.91. The lowest BCUT2D eigenvalue weighted by molar-refractivity contribution is -0.133. The quantitative estimate of drug-likeness (QED) is 0.849. The van der Waals surface area contributed by atoms with Crippen LogP contribution in [0.25, 0.3) is 11.3 Å². The summed E-state index contributed by atoms with van der Waals surface area (Å²) in [6.45, 7) is 4.99. The van der Waals surface area contributed by atoms with E-state index in [4.69, 9.17) is 4.42 Å². The van der Waals surface area contributed by atoms with Crippen molar-refractivity contribution in [2.24, 2.45) is 0 Å². The van der Waals surface area contributed by atoms with Gasteiger partial charge in [-0.1, -0.05) is 30.3 Å². The van der Waals surface area contributed by atoms with Crippen molar-refractivity contribution in [2.45, 2.75) is 19.0 Å². The number of carbonyl (C=O) groups is 1. The third kappa shape index (κ3) is 4.91. The number of nitrogens with one attached hydrogen (secondary N) is 1. The lowest BCUT2D eigenvalue weighted by Crippen LogP contribution is -2.50. The summed E-state index contributed by atoms with van der Waals surface area (Å²) in [7, 11) is 0. The zero-order valence-electron chi connectivity index (χ0n) is 15.5. The van der Waals surface area contributed by atoms with Gasteiger partial charge in [0, 0.05) is 62.3 Å². The predicted octanol–water partition coefficient (Wildman–Crippen LogP) is 2.08. The molecule has 2 aliphatic heterocycles. The van der Waals surface area contributed by atoms with Gasteiger partial charge in [0.15, 0.2) is 5.76 Å². The first kappa shape index (κ1) is 18.5. The molecule has 2 aromatic rings. The zero-order chi connectivity index (χ0) is 18.5. The molecule has 0 radical (unpaired) electrons. The fourth-order valence-corrected chi connectivity index (χ4v) is 4.51. The van der Waals surface area contributed by atoms with Crippen molar-refractivity contribution in [3.63, 3.8) is 0 Å². The number of piperazine rings is 1. The van der Waals surface area contributed by atoms with Crippen LogP contribution in [0.4, 0.5) is 0 Å². The normalized spacial score (nSPS) is 21.3. The summed E-state index contributed by atoms with van der Waals surface area (Å²) < 4.78 is 5.90. The minimum atomic E-state index is 0.275. The summed E-state index contributed by atoms with van der Waals surface area (Å²) >= 11 is 1.93. The van der Waals surface area contributed by atoms with E-state index in [9.17, 15) is 4.79 Å². The van der Waals surface area contributed by atoms with Crippen molar-refractivity contribution in [1.29, 1.82) is 0 Å². The van der Waals surface area contributed by atoms with Gasteiger partial charge in [-0.05, 0) is 0 Å². The number of thioether (sulfide) groups is 1. The number of carbonyl (C=O) groups excluding carboxylic acids is 1. The Balaban J connectivity index is 1.25. The van der Waals surface area contributed by atoms with Gasteiger partial charge in [0.1, 0.15) is 0 Å². The molecule has 2 aliphatic rings. The van der Waals surface area contributed by atoms with Gasteiger partial charge in [-0.15, -0.1) is 0 Å². The second-order valence-corrected chi connectivity index (χ2v) is 8.22. The fourth-order valence-electron chi connectivity index (χ4n) is 3.56. The van der Waals surface area contributed by atoms with Gasteiger partial charge in [-0.2, -0.15) is 11.8 Å². The van der Waals surface area contributed by atoms with Gasteiger partial charge in [0.2, 0.25) is 11.8 Å². The molecule has 1 atom stereocenters. The van der Waals surface area contributed by atoms with Crippen LogP contribution in [0, 0.1) is 0 Å². The first-order chi connectivity index (χ1) is 13.3. The molecule has 1 amide bonds. The molecule has 2 fully saturated rings. The lowest BCUT2D eigenvalue weighted by Gasteiger charge is -2.35. The molecule has 0 saturated carbocycles. The number of oxazole rings is 1. The van der Waals surface area contributed by atoms with Crippen molar-refractivity contribution in [1.82, 2.24) is 20.1 Å². The minimum absolute atomic E-state index is 0.275. The third-order valence-electron chi connectivity index (χ3n) is 5.12. The van der Waals surface area contributed by atoms with E-state index >= 15 is 0 Å². The van der Waals surface area contributed by atoms with Gasteiger partial charge in [0.25, 0.3) is 0 Å². The Morgan fingerprint density at radius 3 is 2.78 bits per heavy atom. The van der Waals surface area contributed by atoms with Gasteiger partial charge in [-0.3, -0.25) is 9.69 Å². The average Bonchev–Trinajstić information content (AvgIpc) is 3.18.